The van der Waals surface area contributed by atoms with Crippen molar-refractivity contribution >= 4 is 21.9 Å². The molecule has 0 bridgehead atoms. The molecule has 1 aliphatic rings. The lowest BCUT2D eigenvalue weighted by Crippen LogP contribution is -2.54. The predicted octanol–water partition coefficient (Wildman–Crippen LogP) is 2.07. The number of rotatable bonds is 6. The molecule has 0 aliphatic carbocycles. The van der Waals surface area contributed by atoms with Crippen LogP contribution in [0.1, 0.15) is 44.2 Å². The molecule has 2 N–H and O–H groups in total. The van der Waals surface area contributed by atoms with E-state index in [1.54, 1.807) is 25.1 Å². The van der Waals surface area contributed by atoms with Gasteiger partial charge in [0.2, 0.25) is 15.9 Å². The zero-order chi connectivity index (χ0) is 20.4. The second kappa shape index (κ2) is 7.98. The first-order valence-corrected chi connectivity index (χ1v) is 10.6. The highest BCUT2D eigenvalue weighted by Crippen LogP contribution is 2.26. The number of hydrogen-bond donors (Lipinski definition) is 2. The number of carboxylic acid groups (broad SMARTS) is 1. The highest BCUT2D eigenvalue weighted by Gasteiger charge is 2.37. The van der Waals surface area contributed by atoms with Crippen LogP contribution in [0.15, 0.2) is 23.1 Å². The number of carboxylic acids is 1. The summed E-state index contributed by atoms with van der Waals surface area (Å²) in [5.74, 6) is -1.79. The van der Waals surface area contributed by atoms with Crippen LogP contribution < -0.4 is 5.32 Å². The highest BCUT2D eigenvalue weighted by atomic mass is 32.2. The summed E-state index contributed by atoms with van der Waals surface area (Å²) in [6.45, 7) is 7.46. The van der Waals surface area contributed by atoms with Crippen LogP contribution in [0.3, 0.4) is 0 Å². The van der Waals surface area contributed by atoms with E-state index in [2.05, 4.69) is 5.32 Å². The fourth-order valence-electron chi connectivity index (χ4n) is 3.05. The molecule has 1 heterocycles. The first-order valence-electron chi connectivity index (χ1n) is 9.14. The molecule has 1 saturated heterocycles. The van der Waals surface area contributed by atoms with Crippen molar-refractivity contribution in [2.45, 2.75) is 57.4 Å². The van der Waals surface area contributed by atoms with Gasteiger partial charge < -0.3 is 10.4 Å². The molecule has 1 atom stereocenters. The van der Waals surface area contributed by atoms with Crippen LogP contribution in [0.25, 0.3) is 0 Å². The van der Waals surface area contributed by atoms with E-state index in [-0.39, 0.29) is 36.2 Å². The average Bonchev–Trinajstić information content (AvgIpc) is 2.63. The molecule has 1 aromatic carbocycles. The number of sulfonamides is 1. The second-order valence-electron chi connectivity index (χ2n) is 7.40. The number of piperidine rings is 1. The predicted molar refractivity (Wildman–Crippen MR) is 102 cm³/mol. The third-order valence-corrected chi connectivity index (χ3v) is 7.41. The lowest BCUT2D eigenvalue weighted by atomic mass is 9.93. The first-order chi connectivity index (χ1) is 12.5. The van der Waals surface area contributed by atoms with Crippen molar-refractivity contribution in [2.75, 3.05) is 13.1 Å². The molecule has 1 unspecified atom stereocenters. The molecule has 1 fully saturated rings. The summed E-state index contributed by atoms with van der Waals surface area (Å²) >= 11 is 0. The lowest BCUT2D eigenvalue weighted by molar-refractivity contribution is -0.147. The third-order valence-electron chi connectivity index (χ3n) is 5.52. The minimum Gasteiger partial charge on any atom is -0.480 e. The van der Waals surface area contributed by atoms with E-state index >= 15 is 0 Å². The van der Waals surface area contributed by atoms with Crippen molar-refractivity contribution in [3.05, 3.63) is 29.3 Å². The average molecular weight is 397 g/mol. The Morgan fingerprint density at radius 3 is 2.30 bits per heavy atom. The molecule has 0 aromatic heterocycles. The van der Waals surface area contributed by atoms with Crippen LogP contribution in [0.4, 0.5) is 0 Å². The summed E-state index contributed by atoms with van der Waals surface area (Å²) in [5, 5.41) is 11.9. The quantitative estimate of drug-likeness (QED) is 0.766. The Bertz CT molecular complexity index is 829. The minimum atomic E-state index is -3.60. The topological polar surface area (TPSA) is 104 Å². The maximum absolute atomic E-state index is 12.8. The van der Waals surface area contributed by atoms with Gasteiger partial charge in [-0.05, 0) is 63.3 Å². The Balaban J connectivity index is 2.05. The van der Waals surface area contributed by atoms with Gasteiger partial charge in [-0.2, -0.15) is 4.31 Å². The molecule has 8 heteroatoms. The molecular formula is C19H28N2O5S. The Kier molecular flexibility index (Phi) is 6.32. The number of aliphatic carboxylic acids is 1. The van der Waals surface area contributed by atoms with Gasteiger partial charge in [0.05, 0.1) is 4.90 Å². The van der Waals surface area contributed by atoms with Crippen LogP contribution >= 0.6 is 0 Å². The number of aryl methyl sites for hydroxylation is 2. The molecule has 150 valence electrons. The summed E-state index contributed by atoms with van der Waals surface area (Å²) in [7, 11) is -3.60. The fraction of sp³-hybridized carbons (Fsp3) is 0.579. The van der Waals surface area contributed by atoms with Gasteiger partial charge >= 0.3 is 5.97 Å². The first kappa shape index (κ1) is 21.4. The van der Waals surface area contributed by atoms with E-state index < -0.39 is 21.5 Å². The van der Waals surface area contributed by atoms with E-state index in [1.165, 1.54) is 11.2 Å². The van der Waals surface area contributed by atoms with Crippen molar-refractivity contribution in [1.82, 2.24) is 9.62 Å². The van der Waals surface area contributed by atoms with Gasteiger partial charge in [-0.1, -0.05) is 13.0 Å². The Morgan fingerprint density at radius 1 is 1.22 bits per heavy atom. The van der Waals surface area contributed by atoms with Crippen LogP contribution in [-0.2, 0) is 19.6 Å². The molecule has 27 heavy (non-hydrogen) atoms. The summed E-state index contributed by atoms with van der Waals surface area (Å²) < 4.78 is 27.1. The summed E-state index contributed by atoms with van der Waals surface area (Å²) in [6.07, 6.45) is 1.01. The number of benzene rings is 1. The zero-order valence-electron chi connectivity index (χ0n) is 16.3. The minimum absolute atomic E-state index is 0.239. The van der Waals surface area contributed by atoms with Crippen molar-refractivity contribution in [3.63, 3.8) is 0 Å². The van der Waals surface area contributed by atoms with Gasteiger partial charge in [0, 0.05) is 19.0 Å². The largest absolute Gasteiger partial charge is 0.480 e. The van der Waals surface area contributed by atoms with Gasteiger partial charge in [0.1, 0.15) is 5.54 Å². The Labute approximate surface area is 160 Å². The fourth-order valence-corrected chi connectivity index (χ4v) is 4.60. The van der Waals surface area contributed by atoms with Gasteiger partial charge in [-0.15, -0.1) is 0 Å². The Morgan fingerprint density at radius 2 is 1.81 bits per heavy atom. The molecule has 0 spiro atoms. The van der Waals surface area contributed by atoms with E-state index in [1.807, 2.05) is 13.8 Å². The molecule has 1 aromatic rings. The van der Waals surface area contributed by atoms with Gasteiger partial charge in [0.25, 0.3) is 0 Å². The number of amides is 1. The molecule has 1 aliphatic heterocycles. The molecule has 7 nitrogen and oxygen atoms in total. The normalized spacial score (nSPS) is 18.7. The van der Waals surface area contributed by atoms with Crippen molar-refractivity contribution in [1.29, 1.82) is 0 Å². The number of carbonyl (C=O) groups is 2. The zero-order valence-corrected chi connectivity index (χ0v) is 17.1. The van der Waals surface area contributed by atoms with E-state index in [0.29, 0.717) is 12.8 Å². The summed E-state index contributed by atoms with van der Waals surface area (Å²) in [6, 6.07) is 5.07. The number of hydrogen-bond acceptors (Lipinski definition) is 4. The monoisotopic (exact) mass is 396 g/mol. The molecular weight excluding hydrogens is 368 g/mol. The third kappa shape index (κ3) is 4.50. The summed E-state index contributed by atoms with van der Waals surface area (Å²) in [4.78, 5) is 24.1. The maximum Gasteiger partial charge on any atom is 0.329 e. The highest BCUT2D eigenvalue weighted by molar-refractivity contribution is 7.89. The van der Waals surface area contributed by atoms with E-state index in [9.17, 15) is 23.1 Å². The van der Waals surface area contributed by atoms with Crippen molar-refractivity contribution in [3.8, 4) is 0 Å². The van der Waals surface area contributed by atoms with Crippen LogP contribution in [0, 0.1) is 19.8 Å². The number of nitrogens with zero attached hydrogens (tertiary/aromatic N) is 1. The summed E-state index contributed by atoms with van der Waals surface area (Å²) in [5.41, 5.74) is 0.638. The van der Waals surface area contributed by atoms with Crippen LogP contribution in [0.5, 0.6) is 0 Å². The van der Waals surface area contributed by atoms with Crippen molar-refractivity contribution < 1.29 is 23.1 Å². The van der Waals surface area contributed by atoms with E-state index in [0.717, 1.165) is 11.1 Å². The smallest absolute Gasteiger partial charge is 0.329 e. The second-order valence-corrected chi connectivity index (χ2v) is 9.34. The lowest BCUT2D eigenvalue weighted by Gasteiger charge is -2.33. The molecule has 0 radical (unpaired) electrons. The van der Waals surface area contributed by atoms with Crippen LogP contribution in [-0.4, -0.2) is 48.3 Å². The standard InChI is InChI=1S/C19H28N2O5S/c1-5-19(4,18(23)24)20-17(22)15-8-10-21(11-9-15)27(25,26)16-7-6-13(2)14(3)12-16/h6-7,12,15H,5,8-11H2,1-4H3,(H,20,22)(H,23,24). The van der Waals surface area contributed by atoms with Crippen LogP contribution in [0.2, 0.25) is 0 Å². The molecule has 2 rings (SSSR count). The maximum atomic E-state index is 12.8. The van der Waals surface area contributed by atoms with Crippen molar-refractivity contribution in [2.24, 2.45) is 5.92 Å². The van der Waals surface area contributed by atoms with Gasteiger partial charge in [-0.3, -0.25) is 4.79 Å². The number of nitrogens with one attached hydrogen (secondary N) is 1. The Hall–Kier alpha value is -1.93. The SMILES string of the molecule is CCC(C)(NC(=O)C1CCN(S(=O)(=O)c2ccc(C)c(C)c2)CC1)C(=O)O. The van der Waals surface area contributed by atoms with Gasteiger partial charge in [0.15, 0.2) is 0 Å². The molecule has 1 amide bonds. The van der Waals surface area contributed by atoms with E-state index in [4.69, 9.17) is 0 Å². The molecule has 0 saturated carbocycles. The van der Waals surface area contributed by atoms with Gasteiger partial charge in [-0.25, -0.2) is 13.2 Å². The number of carbonyl (C=O) groups excluding carboxylic acids is 1.